The third-order valence-corrected chi connectivity index (χ3v) is 3.63. The van der Waals surface area contributed by atoms with Gasteiger partial charge in [0.1, 0.15) is 0 Å². The maximum absolute atomic E-state index is 5.90. The van der Waals surface area contributed by atoms with Gasteiger partial charge in [-0.2, -0.15) is 5.10 Å². The fraction of sp³-hybridized carbons (Fsp3) is 0.786. The van der Waals surface area contributed by atoms with E-state index in [1.807, 2.05) is 17.9 Å². The molecule has 1 N–H and O–H groups in total. The number of ether oxygens (including phenoxy) is 1. The smallest absolute Gasteiger partial charge is 0.0728 e. The lowest BCUT2D eigenvalue weighted by Crippen LogP contribution is -2.43. The SMILES string of the molecule is CCNC(CCc1cnn(C)c1)C1CCCCO1. The molecule has 102 valence electrons. The van der Waals surface area contributed by atoms with Crippen molar-refractivity contribution < 1.29 is 4.74 Å². The Hall–Kier alpha value is -0.870. The molecular formula is C14H25N3O. The van der Waals surface area contributed by atoms with Gasteiger partial charge in [0.05, 0.1) is 12.3 Å². The summed E-state index contributed by atoms with van der Waals surface area (Å²) < 4.78 is 7.77. The summed E-state index contributed by atoms with van der Waals surface area (Å²) in [5.41, 5.74) is 1.32. The van der Waals surface area contributed by atoms with Crippen molar-refractivity contribution in [3.8, 4) is 0 Å². The van der Waals surface area contributed by atoms with E-state index in [9.17, 15) is 0 Å². The molecule has 2 heterocycles. The number of likely N-dealkylation sites (N-methyl/N-ethyl adjacent to an activating group) is 1. The Morgan fingerprint density at radius 2 is 2.44 bits per heavy atom. The van der Waals surface area contributed by atoms with Gasteiger partial charge >= 0.3 is 0 Å². The van der Waals surface area contributed by atoms with Gasteiger partial charge in [-0.05, 0) is 44.2 Å². The first-order valence-corrected chi connectivity index (χ1v) is 7.12. The van der Waals surface area contributed by atoms with Gasteiger partial charge in [0.2, 0.25) is 0 Å². The van der Waals surface area contributed by atoms with E-state index in [0.717, 1.165) is 26.0 Å². The molecule has 4 heteroatoms. The van der Waals surface area contributed by atoms with Gasteiger partial charge in [-0.15, -0.1) is 0 Å². The van der Waals surface area contributed by atoms with Crippen molar-refractivity contribution in [3.05, 3.63) is 18.0 Å². The van der Waals surface area contributed by atoms with Gasteiger partial charge in [0.15, 0.2) is 0 Å². The zero-order valence-corrected chi connectivity index (χ0v) is 11.6. The largest absolute Gasteiger partial charge is 0.377 e. The summed E-state index contributed by atoms with van der Waals surface area (Å²) >= 11 is 0. The van der Waals surface area contributed by atoms with Crippen LogP contribution in [0.25, 0.3) is 0 Å². The van der Waals surface area contributed by atoms with E-state index in [2.05, 4.69) is 23.5 Å². The van der Waals surface area contributed by atoms with E-state index >= 15 is 0 Å². The summed E-state index contributed by atoms with van der Waals surface area (Å²) in [6.45, 7) is 4.11. The Bertz CT molecular complexity index is 345. The Labute approximate surface area is 110 Å². The molecule has 1 aliphatic heterocycles. The molecule has 0 amide bonds. The van der Waals surface area contributed by atoms with Gasteiger partial charge in [0.25, 0.3) is 0 Å². The Morgan fingerprint density at radius 1 is 1.56 bits per heavy atom. The quantitative estimate of drug-likeness (QED) is 0.839. The molecule has 0 bridgehead atoms. The van der Waals surface area contributed by atoms with Crippen LogP contribution in [0.1, 0.15) is 38.2 Å². The van der Waals surface area contributed by atoms with E-state index in [1.165, 1.54) is 24.8 Å². The maximum Gasteiger partial charge on any atom is 0.0728 e. The van der Waals surface area contributed by atoms with Gasteiger partial charge in [-0.1, -0.05) is 6.92 Å². The number of nitrogens with one attached hydrogen (secondary N) is 1. The molecule has 0 aliphatic carbocycles. The van der Waals surface area contributed by atoms with Crippen LogP contribution < -0.4 is 5.32 Å². The number of rotatable bonds is 6. The van der Waals surface area contributed by atoms with Crippen LogP contribution >= 0.6 is 0 Å². The molecule has 2 unspecified atom stereocenters. The fourth-order valence-corrected chi connectivity index (χ4v) is 2.69. The van der Waals surface area contributed by atoms with Crippen LogP contribution in [0.4, 0.5) is 0 Å². The van der Waals surface area contributed by atoms with Crippen LogP contribution in [0.5, 0.6) is 0 Å². The average molecular weight is 251 g/mol. The van der Waals surface area contributed by atoms with Crippen LogP contribution in [0.3, 0.4) is 0 Å². The molecule has 4 nitrogen and oxygen atoms in total. The van der Waals surface area contributed by atoms with Crippen LogP contribution in [0, 0.1) is 0 Å². The first-order chi connectivity index (χ1) is 8.79. The minimum absolute atomic E-state index is 0.398. The van der Waals surface area contributed by atoms with E-state index in [1.54, 1.807) is 0 Å². The monoisotopic (exact) mass is 251 g/mol. The highest BCUT2D eigenvalue weighted by atomic mass is 16.5. The summed E-state index contributed by atoms with van der Waals surface area (Å²) in [7, 11) is 1.97. The summed E-state index contributed by atoms with van der Waals surface area (Å²) in [5.74, 6) is 0. The van der Waals surface area contributed by atoms with Crippen molar-refractivity contribution >= 4 is 0 Å². The molecule has 1 saturated heterocycles. The van der Waals surface area contributed by atoms with E-state index < -0.39 is 0 Å². The highest BCUT2D eigenvalue weighted by Gasteiger charge is 2.23. The molecule has 0 aromatic carbocycles. The molecule has 1 aromatic heterocycles. The molecule has 2 rings (SSSR count). The lowest BCUT2D eigenvalue weighted by atomic mass is 9.97. The predicted molar refractivity (Wildman–Crippen MR) is 72.6 cm³/mol. The molecule has 0 spiro atoms. The second-order valence-corrected chi connectivity index (χ2v) is 5.13. The van der Waals surface area contributed by atoms with Crippen molar-refractivity contribution in [2.75, 3.05) is 13.2 Å². The number of aryl methyl sites for hydroxylation is 2. The van der Waals surface area contributed by atoms with E-state index in [0.29, 0.717) is 12.1 Å². The van der Waals surface area contributed by atoms with Crippen molar-refractivity contribution in [2.24, 2.45) is 7.05 Å². The predicted octanol–water partition coefficient (Wildman–Crippen LogP) is 1.90. The lowest BCUT2D eigenvalue weighted by molar-refractivity contribution is -0.00885. The molecule has 1 aliphatic rings. The molecule has 2 atom stereocenters. The minimum atomic E-state index is 0.398. The topological polar surface area (TPSA) is 39.1 Å². The van der Waals surface area contributed by atoms with Crippen molar-refractivity contribution in [1.82, 2.24) is 15.1 Å². The zero-order chi connectivity index (χ0) is 12.8. The van der Waals surface area contributed by atoms with Crippen molar-refractivity contribution in [3.63, 3.8) is 0 Å². The number of nitrogens with zero attached hydrogens (tertiary/aromatic N) is 2. The molecule has 0 radical (unpaired) electrons. The lowest BCUT2D eigenvalue weighted by Gasteiger charge is -2.31. The van der Waals surface area contributed by atoms with Crippen molar-refractivity contribution in [2.45, 2.75) is 51.2 Å². The summed E-state index contributed by atoms with van der Waals surface area (Å²) in [4.78, 5) is 0. The highest BCUT2D eigenvalue weighted by molar-refractivity contribution is 5.04. The molecule has 0 saturated carbocycles. The number of aromatic nitrogens is 2. The first-order valence-electron chi connectivity index (χ1n) is 7.12. The van der Waals surface area contributed by atoms with E-state index in [-0.39, 0.29) is 0 Å². The second-order valence-electron chi connectivity index (χ2n) is 5.13. The Morgan fingerprint density at radius 3 is 3.06 bits per heavy atom. The Balaban J connectivity index is 1.85. The normalized spacial score (nSPS) is 22.0. The highest BCUT2D eigenvalue weighted by Crippen LogP contribution is 2.19. The van der Waals surface area contributed by atoms with Gasteiger partial charge in [-0.3, -0.25) is 4.68 Å². The first kappa shape index (κ1) is 13.6. The number of hydrogen-bond acceptors (Lipinski definition) is 3. The molecule has 1 fully saturated rings. The van der Waals surface area contributed by atoms with Crippen molar-refractivity contribution in [1.29, 1.82) is 0 Å². The number of hydrogen-bond donors (Lipinski definition) is 1. The van der Waals surface area contributed by atoms with Gasteiger partial charge in [-0.25, -0.2) is 0 Å². The van der Waals surface area contributed by atoms with Crippen LogP contribution in [0.15, 0.2) is 12.4 Å². The van der Waals surface area contributed by atoms with Crippen LogP contribution in [-0.4, -0.2) is 35.1 Å². The van der Waals surface area contributed by atoms with Crippen LogP contribution in [0.2, 0.25) is 0 Å². The average Bonchev–Trinajstić information content (AvgIpc) is 2.81. The molecule has 1 aromatic rings. The summed E-state index contributed by atoms with van der Waals surface area (Å²) in [5, 5.41) is 7.80. The zero-order valence-electron chi connectivity index (χ0n) is 11.6. The van der Waals surface area contributed by atoms with E-state index in [4.69, 9.17) is 4.74 Å². The fourth-order valence-electron chi connectivity index (χ4n) is 2.69. The van der Waals surface area contributed by atoms with Gasteiger partial charge in [0, 0.05) is 25.9 Å². The second kappa shape index (κ2) is 6.90. The molecular weight excluding hydrogens is 226 g/mol. The van der Waals surface area contributed by atoms with Crippen LogP contribution in [-0.2, 0) is 18.2 Å². The third kappa shape index (κ3) is 3.82. The van der Waals surface area contributed by atoms with Gasteiger partial charge < -0.3 is 10.1 Å². The summed E-state index contributed by atoms with van der Waals surface area (Å²) in [6.07, 6.45) is 10.4. The minimum Gasteiger partial charge on any atom is -0.377 e. The standard InChI is InChI=1S/C14H25N3O/c1-3-15-13(14-6-4-5-9-18-14)8-7-12-10-16-17(2)11-12/h10-11,13-15H,3-9H2,1-2H3. The maximum atomic E-state index is 5.90. The Kier molecular flexibility index (Phi) is 5.20. The third-order valence-electron chi connectivity index (χ3n) is 3.63. The molecule has 18 heavy (non-hydrogen) atoms. The summed E-state index contributed by atoms with van der Waals surface area (Å²) in [6, 6.07) is 0.482.